The molecule has 2 aromatic rings. The Morgan fingerprint density at radius 2 is 2.00 bits per heavy atom. The predicted molar refractivity (Wildman–Crippen MR) is 96.7 cm³/mol. The first-order chi connectivity index (χ1) is 11.9. The smallest absolute Gasteiger partial charge is 0.326 e. The third-order valence-corrected chi connectivity index (χ3v) is 4.20. The lowest BCUT2D eigenvalue weighted by Crippen LogP contribution is -2.31. The van der Waals surface area contributed by atoms with Crippen molar-refractivity contribution in [1.82, 2.24) is 10.3 Å². The second-order valence-corrected chi connectivity index (χ2v) is 6.98. The normalized spacial score (nSPS) is 15.2. The number of nitrogens with one attached hydrogen (secondary N) is 2. The largest absolute Gasteiger partial charge is 0.480 e. The molecule has 132 valence electrons. The van der Waals surface area contributed by atoms with Crippen LogP contribution in [-0.4, -0.2) is 34.1 Å². The van der Waals surface area contributed by atoms with E-state index in [2.05, 4.69) is 15.6 Å². The number of carbonyl (C=O) groups is 2. The zero-order chi connectivity index (χ0) is 18.0. The summed E-state index contributed by atoms with van der Waals surface area (Å²) in [6.45, 7) is 3.94. The van der Waals surface area contributed by atoms with Crippen LogP contribution in [0.1, 0.15) is 43.5 Å². The molecule has 1 heterocycles. The molecule has 0 aliphatic heterocycles. The van der Waals surface area contributed by atoms with Gasteiger partial charge in [0.25, 0.3) is 5.91 Å². The highest BCUT2D eigenvalue weighted by Crippen LogP contribution is 2.24. The number of pyridine rings is 1. The van der Waals surface area contributed by atoms with E-state index in [1.54, 1.807) is 6.07 Å². The summed E-state index contributed by atoms with van der Waals surface area (Å²) in [5, 5.41) is 16.2. The summed E-state index contributed by atoms with van der Waals surface area (Å²) in [6.07, 6.45) is 2.50. The van der Waals surface area contributed by atoms with Crippen LogP contribution in [0.5, 0.6) is 0 Å². The summed E-state index contributed by atoms with van der Waals surface area (Å²) >= 11 is 0. The van der Waals surface area contributed by atoms with E-state index in [1.807, 2.05) is 38.1 Å². The second kappa shape index (κ2) is 7.09. The zero-order valence-corrected chi connectivity index (χ0v) is 14.5. The van der Waals surface area contributed by atoms with Gasteiger partial charge in [-0.2, -0.15) is 0 Å². The van der Waals surface area contributed by atoms with Crippen LogP contribution in [0.2, 0.25) is 0 Å². The fraction of sp³-hybridized carbons (Fsp3) is 0.421. The van der Waals surface area contributed by atoms with E-state index in [-0.39, 0.29) is 17.9 Å². The number of carboxylic acid groups (broad SMARTS) is 1. The second-order valence-electron chi connectivity index (χ2n) is 6.98. The van der Waals surface area contributed by atoms with Crippen molar-refractivity contribution in [3.63, 3.8) is 0 Å². The maximum Gasteiger partial charge on any atom is 0.326 e. The topological polar surface area (TPSA) is 91.3 Å². The monoisotopic (exact) mass is 341 g/mol. The Hall–Kier alpha value is -2.63. The van der Waals surface area contributed by atoms with E-state index < -0.39 is 12.0 Å². The summed E-state index contributed by atoms with van der Waals surface area (Å²) in [7, 11) is 0. The van der Waals surface area contributed by atoms with E-state index in [0.717, 1.165) is 18.2 Å². The van der Waals surface area contributed by atoms with Gasteiger partial charge in [0.2, 0.25) is 0 Å². The molecule has 1 aromatic heterocycles. The molecule has 0 unspecified atom stereocenters. The van der Waals surface area contributed by atoms with Crippen LogP contribution in [-0.2, 0) is 4.79 Å². The van der Waals surface area contributed by atoms with Crippen molar-refractivity contribution in [3.8, 4) is 0 Å². The van der Waals surface area contributed by atoms with Crippen LogP contribution in [0.15, 0.2) is 30.3 Å². The average Bonchev–Trinajstić information content (AvgIpc) is 3.37. The lowest BCUT2D eigenvalue weighted by molar-refractivity contribution is -0.138. The number of benzene rings is 1. The molecule has 3 rings (SSSR count). The molecule has 1 fully saturated rings. The minimum absolute atomic E-state index is 0.139. The lowest BCUT2D eigenvalue weighted by atomic mass is 10.0. The summed E-state index contributed by atoms with van der Waals surface area (Å²) < 4.78 is 0. The van der Waals surface area contributed by atoms with Crippen molar-refractivity contribution in [2.75, 3.05) is 5.32 Å². The Labute approximate surface area is 146 Å². The Balaban J connectivity index is 1.94. The molecular formula is C19H23N3O3. The highest BCUT2D eigenvalue weighted by Gasteiger charge is 2.25. The summed E-state index contributed by atoms with van der Waals surface area (Å²) in [5.74, 6) is -0.424. The van der Waals surface area contributed by atoms with Crippen LogP contribution >= 0.6 is 0 Å². The molecule has 1 atom stereocenters. The number of aromatic nitrogens is 1. The van der Waals surface area contributed by atoms with Gasteiger partial charge >= 0.3 is 5.97 Å². The van der Waals surface area contributed by atoms with Gasteiger partial charge in [0.05, 0.1) is 11.1 Å². The lowest BCUT2D eigenvalue weighted by Gasteiger charge is -2.18. The Bertz CT molecular complexity index is 800. The SMILES string of the molecule is CC(C)C[C@@H](Nc1cc(C(=O)NC2CC2)c2ccccc2n1)C(=O)O. The Morgan fingerprint density at radius 3 is 2.64 bits per heavy atom. The zero-order valence-electron chi connectivity index (χ0n) is 14.5. The number of carbonyl (C=O) groups excluding carboxylic acids is 1. The van der Waals surface area contributed by atoms with Crippen molar-refractivity contribution >= 4 is 28.6 Å². The summed E-state index contributed by atoms with van der Waals surface area (Å²) in [6, 6.07) is 8.56. The molecule has 0 saturated heterocycles. The first-order valence-electron chi connectivity index (χ1n) is 8.64. The van der Waals surface area contributed by atoms with Crippen LogP contribution in [0.25, 0.3) is 10.9 Å². The number of hydrogen-bond acceptors (Lipinski definition) is 4. The molecule has 0 radical (unpaired) electrons. The van der Waals surface area contributed by atoms with Crippen molar-refractivity contribution in [3.05, 3.63) is 35.9 Å². The molecular weight excluding hydrogens is 318 g/mol. The minimum Gasteiger partial charge on any atom is -0.480 e. The number of anilines is 1. The van der Waals surface area contributed by atoms with Crippen molar-refractivity contribution in [1.29, 1.82) is 0 Å². The molecule has 0 spiro atoms. The Kier molecular flexibility index (Phi) is 4.88. The molecule has 0 bridgehead atoms. The van der Waals surface area contributed by atoms with Gasteiger partial charge < -0.3 is 15.7 Å². The molecule has 1 aliphatic carbocycles. The van der Waals surface area contributed by atoms with Gasteiger partial charge in [-0.3, -0.25) is 4.79 Å². The van der Waals surface area contributed by atoms with E-state index >= 15 is 0 Å². The van der Waals surface area contributed by atoms with E-state index in [1.165, 1.54) is 0 Å². The van der Waals surface area contributed by atoms with Crippen LogP contribution in [0, 0.1) is 5.92 Å². The fourth-order valence-electron chi connectivity index (χ4n) is 2.80. The van der Waals surface area contributed by atoms with Gasteiger partial charge in [0, 0.05) is 11.4 Å². The summed E-state index contributed by atoms with van der Waals surface area (Å²) in [5.41, 5.74) is 1.19. The standard InChI is InChI=1S/C19H23N3O3/c1-11(2)9-16(19(24)25)22-17-10-14(18(23)20-12-7-8-12)13-5-3-4-6-15(13)21-17/h3-6,10-12,16H,7-9H2,1-2H3,(H,20,23)(H,21,22)(H,24,25)/t16-/m1/s1. The average molecular weight is 341 g/mol. The van der Waals surface area contributed by atoms with E-state index in [4.69, 9.17) is 0 Å². The highest BCUT2D eigenvalue weighted by atomic mass is 16.4. The molecule has 1 aromatic carbocycles. The number of rotatable bonds is 7. The van der Waals surface area contributed by atoms with Gasteiger partial charge in [-0.1, -0.05) is 32.0 Å². The highest BCUT2D eigenvalue weighted by molar-refractivity contribution is 6.07. The van der Waals surface area contributed by atoms with Crippen LogP contribution in [0.4, 0.5) is 5.82 Å². The van der Waals surface area contributed by atoms with Gasteiger partial charge in [0.15, 0.2) is 0 Å². The van der Waals surface area contributed by atoms with E-state index in [9.17, 15) is 14.7 Å². The molecule has 3 N–H and O–H groups in total. The van der Waals surface area contributed by atoms with Crippen LogP contribution < -0.4 is 10.6 Å². The molecule has 1 aliphatic rings. The molecule has 6 heteroatoms. The Morgan fingerprint density at radius 1 is 1.28 bits per heavy atom. The van der Waals surface area contributed by atoms with Crippen LogP contribution in [0.3, 0.4) is 0 Å². The number of hydrogen-bond donors (Lipinski definition) is 3. The van der Waals surface area contributed by atoms with Gasteiger partial charge in [-0.25, -0.2) is 9.78 Å². The first kappa shape index (κ1) is 17.2. The third-order valence-electron chi connectivity index (χ3n) is 4.20. The fourth-order valence-corrected chi connectivity index (χ4v) is 2.80. The van der Waals surface area contributed by atoms with Gasteiger partial charge in [0.1, 0.15) is 11.9 Å². The maximum absolute atomic E-state index is 12.6. The minimum atomic E-state index is -0.923. The maximum atomic E-state index is 12.6. The van der Waals surface area contributed by atoms with Crippen molar-refractivity contribution in [2.24, 2.45) is 5.92 Å². The molecule has 1 amide bonds. The van der Waals surface area contributed by atoms with Crippen molar-refractivity contribution < 1.29 is 14.7 Å². The van der Waals surface area contributed by atoms with Gasteiger partial charge in [-0.05, 0) is 37.3 Å². The molecule has 1 saturated carbocycles. The number of carboxylic acids is 1. The first-order valence-corrected chi connectivity index (χ1v) is 8.64. The molecule has 6 nitrogen and oxygen atoms in total. The number of amides is 1. The quantitative estimate of drug-likeness (QED) is 0.720. The predicted octanol–water partition coefficient (Wildman–Crippen LogP) is 3.04. The summed E-state index contributed by atoms with van der Waals surface area (Å²) in [4.78, 5) is 28.6. The molecule has 25 heavy (non-hydrogen) atoms. The third kappa shape index (κ3) is 4.26. The number of nitrogens with zero attached hydrogens (tertiary/aromatic N) is 1. The number of para-hydroxylation sites is 1. The van der Waals surface area contributed by atoms with E-state index in [0.29, 0.717) is 23.3 Å². The number of aliphatic carboxylic acids is 1. The van der Waals surface area contributed by atoms with Gasteiger partial charge in [-0.15, -0.1) is 0 Å². The van der Waals surface area contributed by atoms with Crippen molar-refractivity contribution in [2.45, 2.75) is 45.2 Å². The number of fused-ring (bicyclic) bond motifs is 1.